The second kappa shape index (κ2) is 16.7. The lowest BCUT2D eigenvalue weighted by atomic mass is 9.88. The first-order valence-electron chi connectivity index (χ1n) is 18.2. The van der Waals surface area contributed by atoms with Gasteiger partial charge in [0.25, 0.3) is 10.0 Å². The summed E-state index contributed by atoms with van der Waals surface area (Å²) in [6, 6.07) is 29.4. The van der Waals surface area contributed by atoms with Gasteiger partial charge in [0.2, 0.25) is 0 Å². The highest BCUT2D eigenvalue weighted by molar-refractivity contribution is 7.93. The van der Waals surface area contributed by atoms with Gasteiger partial charge in [-0.15, -0.1) is 5.10 Å². The van der Waals surface area contributed by atoms with Crippen molar-refractivity contribution in [3.8, 4) is 39.8 Å². The van der Waals surface area contributed by atoms with Gasteiger partial charge < -0.3 is 19.5 Å². The van der Waals surface area contributed by atoms with Crippen molar-refractivity contribution in [2.75, 3.05) is 38.7 Å². The second-order valence-electron chi connectivity index (χ2n) is 13.6. The normalized spacial score (nSPS) is 13.6. The zero-order valence-corrected chi connectivity index (χ0v) is 32.3. The molecule has 0 saturated carbocycles. The highest BCUT2D eigenvalue weighted by Gasteiger charge is 2.43. The molecule has 1 aliphatic rings. The fourth-order valence-electron chi connectivity index (χ4n) is 7.09. The Kier molecular flexibility index (Phi) is 11.5. The minimum Gasteiger partial charge on any atom is -0.497 e. The molecule has 0 aliphatic carbocycles. The molecule has 0 bridgehead atoms. The van der Waals surface area contributed by atoms with Crippen LogP contribution in [0.4, 0.5) is 18.9 Å². The van der Waals surface area contributed by atoms with Crippen molar-refractivity contribution in [2.45, 2.75) is 42.9 Å². The van der Waals surface area contributed by atoms with Gasteiger partial charge in [0, 0.05) is 5.56 Å². The van der Waals surface area contributed by atoms with E-state index in [0.717, 1.165) is 41.9 Å². The smallest absolute Gasteiger partial charge is 0.417 e. The molecule has 296 valence electrons. The van der Waals surface area contributed by atoms with Crippen LogP contribution >= 0.6 is 0 Å². The van der Waals surface area contributed by atoms with Gasteiger partial charge in [0.05, 0.1) is 45.7 Å². The molecule has 11 nitrogen and oxygen atoms in total. The highest BCUT2D eigenvalue weighted by atomic mass is 32.2. The van der Waals surface area contributed by atoms with Crippen LogP contribution in [0, 0.1) is 0 Å². The summed E-state index contributed by atoms with van der Waals surface area (Å²) in [7, 11) is -0.606. The Balaban J connectivity index is 1.47. The number of hydrogen-bond donors (Lipinski definition) is 1. The van der Waals surface area contributed by atoms with Crippen LogP contribution in [0.3, 0.4) is 0 Å². The van der Waals surface area contributed by atoms with Gasteiger partial charge in [-0.3, -0.25) is 4.31 Å². The number of benzene rings is 5. The maximum atomic E-state index is 15.5. The number of piperidine rings is 1. The number of aromatic nitrogens is 4. The molecule has 1 N–H and O–H groups in total. The van der Waals surface area contributed by atoms with Crippen molar-refractivity contribution in [2.24, 2.45) is 0 Å². The molecule has 7 rings (SSSR count). The Morgan fingerprint density at radius 2 is 1.32 bits per heavy atom. The van der Waals surface area contributed by atoms with E-state index >= 15 is 21.6 Å². The van der Waals surface area contributed by atoms with E-state index in [-0.39, 0.29) is 35.7 Å². The molecule has 57 heavy (non-hydrogen) atoms. The summed E-state index contributed by atoms with van der Waals surface area (Å²) in [6.45, 7) is 1.47. The van der Waals surface area contributed by atoms with E-state index < -0.39 is 26.7 Å². The lowest BCUT2D eigenvalue weighted by Gasteiger charge is -2.28. The van der Waals surface area contributed by atoms with Gasteiger partial charge in [0.1, 0.15) is 22.1 Å². The Morgan fingerprint density at radius 1 is 0.754 bits per heavy atom. The van der Waals surface area contributed by atoms with E-state index in [2.05, 4.69) is 20.8 Å². The van der Waals surface area contributed by atoms with Crippen LogP contribution in [0.2, 0.25) is 0 Å². The number of methoxy groups -OCH3 is 3. The monoisotopic (exact) mass is 798 g/mol. The first-order chi connectivity index (χ1) is 27.5. The molecule has 6 aromatic rings. The molecule has 0 radical (unpaired) electrons. The number of sulfonamides is 1. The summed E-state index contributed by atoms with van der Waals surface area (Å²) < 4.78 is 95.3. The maximum Gasteiger partial charge on any atom is 0.417 e. The lowest BCUT2D eigenvalue weighted by Crippen LogP contribution is -2.33. The van der Waals surface area contributed by atoms with Crippen molar-refractivity contribution in [1.82, 2.24) is 25.5 Å². The topological polar surface area (TPSA) is 121 Å². The van der Waals surface area contributed by atoms with Crippen LogP contribution in [0.25, 0.3) is 22.5 Å². The molecule has 0 unspecified atom stereocenters. The number of hydrogen-bond acceptors (Lipinski definition) is 9. The quantitative estimate of drug-likeness (QED) is 0.124. The maximum absolute atomic E-state index is 15.5. The summed E-state index contributed by atoms with van der Waals surface area (Å²) >= 11 is 0. The minimum absolute atomic E-state index is 0.0181. The summed E-state index contributed by atoms with van der Waals surface area (Å²) in [5.74, 6) is 1.72. The van der Waals surface area contributed by atoms with E-state index in [1.54, 1.807) is 60.7 Å². The van der Waals surface area contributed by atoms with Crippen LogP contribution in [0.1, 0.15) is 41.0 Å². The van der Waals surface area contributed by atoms with Gasteiger partial charge in [-0.2, -0.15) is 13.2 Å². The third-order valence-electron chi connectivity index (χ3n) is 10.1. The first kappa shape index (κ1) is 39.3. The number of anilines is 1. The summed E-state index contributed by atoms with van der Waals surface area (Å²) in [5, 5.41) is 15.6. The second-order valence-corrected chi connectivity index (χ2v) is 15.4. The standard InChI is InChI=1S/C42H41F3N6O5S/c1-54-34-14-4-28(5-15-34)26-50-41(47-48-49-50)39-37(32-10-8-30(9-11-32)31-22-24-46-25-23-31)20-21-38(42(43,44)45)40(39)57(52,53)51(33-12-18-36(56-3)19-13-33)27-29-6-16-35(55-2)17-7-29/h4-21,31,46H,22-27H2,1-3H3. The average molecular weight is 799 g/mol. The van der Waals surface area contributed by atoms with E-state index in [0.29, 0.717) is 39.9 Å². The lowest BCUT2D eigenvalue weighted by molar-refractivity contribution is -0.139. The molecule has 0 amide bonds. The van der Waals surface area contributed by atoms with Crippen molar-refractivity contribution in [1.29, 1.82) is 0 Å². The molecule has 1 saturated heterocycles. The van der Waals surface area contributed by atoms with Gasteiger partial charge in [-0.25, -0.2) is 13.1 Å². The molecule has 1 fully saturated rings. The Morgan fingerprint density at radius 3 is 1.88 bits per heavy atom. The molecular formula is C42H41F3N6O5S. The summed E-state index contributed by atoms with van der Waals surface area (Å²) in [6.07, 6.45) is -3.21. The molecule has 1 aliphatic heterocycles. The van der Waals surface area contributed by atoms with Gasteiger partial charge in [-0.1, -0.05) is 54.6 Å². The van der Waals surface area contributed by atoms with E-state index in [9.17, 15) is 0 Å². The van der Waals surface area contributed by atoms with Crippen molar-refractivity contribution in [3.05, 3.63) is 131 Å². The van der Waals surface area contributed by atoms with E-state index in [1.165, 1.54) is 44.2 Å². The number of halogens is 3. The first-order valence-corrected chi connectivity index (χ1v) is 19.7. The van der Waals surface area contributed by atoms with E-state index in [1.807, 2.05) is 24.3 Å². The number of rotatable bonds is 13. The molecular weight excluding hydrogens is 758 g/mol. The largest absolute Gasteiger partial charge is 0.497 e. The number of alkyl halides is 3. The average Bonchev–Trinajstić information content (AvgIpc) is 3.70. The zero-order chi connectivity index (χ0) is 40.2. The predicted octanol–water partition coefficient (Wildman–Crippen LogP) is 7.96. The Bertz CT molecular complexity index is 2400. The molecule has 1 aromatic heterocycles. The molecule has 0 spiro atoms. The number of tetrazole rings is 1. The highest BCUT2D eigenvalue weighted by Crippen LogP contribution is 2.46. The van der Waals surface area contributed by atoms with Crippen LogP contribution in [-0.2, 0) is 29.3 Å². The molecule has 2 heterocycles. The SMILES string of the molecule is COc1ccc(CN(c2ccc(OC)cc2)S(=O)(=O)c2c(C(F)(F)F)ccc(-c3ccc(C4CCNCC4)cc3)c2-c2nnnn2Cc2ccc(OC)cc2)cc1. The fourth-order valence-corrected chi connectivity index (χ4v) is 8.95. The Labute approximate surface area is 329 Å². The van der Waals surface area contributed by atoms with E-state index in [4.69, 9.17) is 14.2 Å². The van der Waals surface area contributed by atoms with Crippen LogP contribution in [-0.4, -0.2) is 63.0 Å². The fraction of sp³-hybridized carbons (Fsp3) is 0.262. The van der Waals surface area contributed by atoms with Crippen LogP contribution in [0.5, 0.6) is 17.2 Å². The van der Waals surface area contributed by atoms with Crippen molar-refractivity contribution in [3.63, 3.8) is 0 Å². The Hall–Kier alpha value is -5.93. The van der Waals surface area contributed by atoms with Crippen molar-refractivity contribution >= 4 is 15.7 Å². The van der Waals surface area contributed by atoms with Crippen molar-refractivity contribution < 1.29 is 35.8 Å². The van der Waals surface area contributed by atoms with Gasteiger partial charge in [0.15, 0.2) is 5.82 Å². The number of ether oxygens (including phenoxy) is 3. The number of nitrogens with one attached hydrogen (secondary N) is 1. The molecule has 5 aromatic carbocycles. The predicted molar refractivity (Wildman–Crippen MR) is 210 cm³/mol. The third-order valence-corrected chi connectivity index (χ3v) is 12.0. The third kappa shape index (κ3) is 8.44. The number of nitrogens with zero attached hydrogens (tertiary/aromatic N) is 5. The van der Waals surface area contributed by atoms with Gasteiger partial charge in [-0.05, 0) is 125 Å². The zero-order valence-electron chi connectivity index (χ0n) is 31.5. The minimum atomic E-state index is -5.10. The summed E-state index contributed by atoms with van der Waals surface area (Å²) in [4.78, 5) is -0.981. The van der Waals surface area contributed by atoms with Gasteiger partial charge >= 0.3 is 6.18 Å². The van der Waals surface area contributed by atoms with Crippen LogP contribution in [0.15, 0.2) is 114 Å². The molecule has 15 heteroatoms. The summed E-state index contributed by atoms with van der Waals surface area (Å²) in [5.41, 5.74) is 1.47. The molecule has 0 atom stereocenters. The van der Waals surface area contributed by atoms with Crippen LogP contribution < -0.4 is 23.8 Å².